The van der Waals surface area contributed by atoms with Crippen LogP contribution in [0.25, 0.3) is 0 Å². The van der Waals surface area contributed by atoms with Crippen LogP contribution < -0.4 is 4.90 Å². The summed E-state index contributed by atoms with van der Waals surface area (Å²) in [5, 5.41) is 9.54. The number of anilines is 1. The molecule has 0 aromatic heterocycles. The largest absolute Gasteiger partial charge is 0.508 e. The van der Waals surface area contributed by atoms with Crippen LogP contribution >= 0.6 is 0 Å². The monoisotopic (exact) mass is 402 g/mol. The third-order valence-corrected chi connectivity index (χ3v) is 5.93. The van der Waals surface area contributed by atoms with Crippen LogP contribution in [0, 0.1) is 5.92 Å². The van der Waals surface area contributed by atoms with E-state index in [2.05, 4.69) is 30.4 Å². The average Bonchev–Trinajstić information content (AvgIpc) is 2.90. The molecule has 4 rings (SSSR count). The molecule has 0 radical (unpaired) electrons. The van der Waals surface area contributed by atoms with Gasteiger partial charge in [-0.3, -0.25) is 4.79 Å². The molecule has 3 amide bonds. The number of hydrogen-bond acceptors (Lipinski definition) is 3. The van der Waals surface area contributed by atoms with Crippen LogP contribution in [0.5, 0.6) is 5.75 Å². The number of phenolic OH excluding ortho intramolecular Hbond substituents is 1. The smallest absolute Gasteiger partial charge is 0.332 e. The number of amides is 3. The molecule has 1 saturated heterocycles. The van der Waals surface area contributed by atoms with Crippen LogP contribution in [0.2, 0.25) is 0 Å². The van der Waals surface area contributed by atoms with Gasteiger partial charge in [0.2, 0.25) is 0 Å². The van der Waals surface area contributed by atoms with Crippen molar-refractivity contribution in [1.82, 2.24) is 4.90 Å². The highest BCUT2D eigenvalue weighted by Gasteiger charge is 2.51. The first-order valence-electron chi connectivity index (χ1n) is 10.2. The van der Waals surface area contributed by atoms with Crippen LogP contribution in [0.1, 0.15) is 31.4 Å². The number of aromatic hydroxyl groups is 1. The van der Waals surface area contributed by atoms with Crippen molar-refractivity contribution < 1.29 is 14.7 Å². The molecule has 0 spiro atoms. The van der Waals surface area contributed by atoms with Gasteiger partial charge in [0.05, 0.1) is 5.69 Å². The number of rotatable bonds is 5. The van der Waals surface area contributed by atoms with Crippen LogP contribution in [0.3, 0.4) is 0 Å². The standard InChI is InChI=1S/C25H26N2O3/c1-25(2)23(29)27(21-12-14-22(28)15-13-21)24(30)26(25)17-20-11-7-6-10-19(20)16-18-8-4-3-5-9-18/h3-8,10-15,18,28H,9,16-17H2,1-2H3. The summed E-state index contributed by atoms with van der Waals surface area (Å²) in [6, 6.07) is 13.9. The zero-order chi connectivity index (χ0) is 21.3. The number of carbonyl (C=O) groups excluding carboxylic acids is 2. The average molecular weight is 402 g/mol. The maximum Gasteiger partial charge on any atom is 0.332 e. The maximum absolute atomic E-state index is 13.3. The third kappa shape index (κ3) is 3.63. The van der Waals surface area contributed by atoms with Gasteiger partial charge >= 0.3 is 6.03 Å². The second-order valence-electron chi connectivity index (χ2n) is 8.37. The molecule has 154 valence electrons. The van der Waals surface area contributed by atoms with Crippen LogP contribution in [0.15, 0.2) is 72.8 Å². The first-order chi connectivity index (χ1) is 14.4. The highest BCUT2D eigenvalue weighted by molar-refractivity contribution is 6.22. The van der Waals surface area contributed by atoms with E-state index in [-0.39, 0.29) is 17.7 Å². The second-order valence-corrected chi connectivity index (χ2v) is 8.37. The van der Waals surface area contributed by atoms with Crippen molar-refractivity contribution in [3.05, 3.63) is 84.0 Å². The van der Waals surface area contributed by atoms with Gasteiger partial charge in [0.25, 0.3) is 5.91 Å². The Bertz CT molecular complexity index is 1020. The lowest BCUT2D eigenvalue weighted by molar-refractivity contribution is -0.123. The fraction of sp³-hybridized carbons (Fsp3) is 0.280. The quantitative estimate of drug-likeness (QED) is 0.730. The van der Waals surface area contributed by atoms with E-state index in [1.165, 1.54) is 22.6 Å². The molecule has 1 heterocycles. The van der Waals surface area contributed by atoms with Crippen molar-refractivity contribution in [3.63, 3.8) is 0 Å². The Morgan fingerprint density at radius 2 is 1.70 bits per heavy atom. The van der Waals surface area contributed by atoms with Gasteiger partial charge in [0.1, 0.15) is 11.3 Å². The summed E-state index contributed by atoms with van der Waals surface area (Å²) < 4.78 is 0. The van der Waals surface area contributed by atoms with E-state index in [9.17, 15) is 14.7 Å². The van der Waals surface area contributed by atoms with Crippen molar-refractivity contribution in [3.8, 4) is 5.75 Å². The fourth-order valence-corrected chi connectivity index (χ4v) is 4.08. The lowest BCUT2D eigenvalue weighted by Crippen LogP contribution is -2.43. The minimum absolute atomic E-state index is 0.0921. The lowest BCUT2D eigenvalue weighted by atomic mass is 9.90. The van der Waals surface area contributed by atoms with Crippen molar-refractivity contribution >= 4 is 17.6 Å². The SMILES string of the molecule is CC1(C)C(=O)N(c2ccc(O)cc2)C(=O)N1Cc1ccccc1CC1C=CC=CC1. The van der Waals surface area contributed by atoms with E-state index in [4.69, 9.17) is 0 Å². The van der Waals surface area contributed by atoms with E-state index < -0.39 is 5.54 Å². The molecule has 5 heteroatoms. The minimum Gasteiger partial charge on any atom is -0.508 e. The van der Waals surface area contributed by atoms with Crippen molar-refractivity contribution in [2.75, 3.05) is 4.90 Å². The van der Waals surface area contributed by atoms with Gasteiger partial charge in [-0.15, -0.1) is 0 Å². The third-order valence-electron chi connectivity index (χ3n) is 5.93. The summed E-state index contributed by atoms with van der Waals surface area (Å²) in [5.41, 5.74) is 1.75. The van der Waals surface area contributed by atoms with Gasteiger partial charge in [-0.05, 0) is 68.0 Å². The van der Waals surface area contributed by atoms with E-state index >= 15 is 0 Å². The van der Waals surface area contributed by atoms with Crippen LogP contribution in [-0.2, 0) is 17.8 Å². The summed E-state index contributed by atoms with van der Waals surface area (Å²) in [7, 11) is 0. The molecule has 2 aromatic rings. The number of carbonyl (C=O) groups is 2. The number of allylic oxidation sites excluding steroid dienone is 4. The molecule has 5 nitrogen and oxygen atoms in total. The van der Waals surface area contributed by atoms with E-state index in [0.29, 0.717) is 18.2 Å². The van der Waals surface area contributed by atoms with Crippen LogP contribution in [-0.4, -0.2) is 27.5 Å². The van der Waals surface area contributed by atoms with E-state index in [0.717, 1.165) is 18.4 Å². The number of phenols is 1. The summed E-state index contributed by atoms with van der Waals surface area (Å²) >= 11 is 0. The summed E-state index contributed by atoms with van der Waals surface area (Å²) in [4.78, 5) is 29.2. The van der Waals surface area contributed by atoms with E-state index in [1.807, 2.05) is 18.2 Å². The summed E-state index contributed by atoms with van der Waals surface area (Å²) in [5.74, 6) is 0.263. The minimum atomic E-state index is -0.963. The molecule has 2 aliphatic rings. The molecule has 30 heavy (non-hydrogen) atoms. The van der Waals surface area contributed by atoms with Crippen molar-refractivity contribution in [1.29, 1.82) is 0 Å². The van der Waals surface area contributed by atoms with Gasteiger partial charge in [0, 0.05) is 6.54 Å². The number of imide groups is 1. The first kappa shape index (κ1) is 20.0. The number of nitrogens with zero attached hydrogens (tertiary/aromatic N) is 2. The van der Waals surface area contributed by atoms with Crippen LogP contribution in [0.4, 0.5) is 10.5 Å². The lowest BCUT2D eigenvalue weighted by Gasteiger charge is -2.29. The fourth-order valence-electron chi connectivity index (χ4n) is 4.08. The molecule has 2 aromatic carbocycles. The molecule has 0 saturated carbocycles. The molecule has 1 fully saturated rings. The Hall–Kier alpha value is -3.34. The van der Waals surface area contributed by atoms with Gasteiger partial charge in [0.15, 0.2) is 0 Å². The zero-order valence-electron chi connectivity index (χ0n) is 17.3. The predicted octanol–water partition coefficient (Wildman–Crippen LogP) is 4.81. The topological polar surface area (TPSA) is 60.9 Å². The Labute approximate surface area is 176 Å². The molecule has 1 N–H and O–H groups in total. The highest BCUT2D eigenvalue weighted by atomic mass is 16.3. The molecule has 1 atom stereocenters. The first-order valence-corrected chi connectivity index (χ1v) is 10.2. The molecular formula is C25H26N2O3. The van der Waals surface area contributed by atoms with Gasteiger partial charge in [-0.2, -0.15) is 0 Å². The van der Waals surface area contributed by atoms with Gasteiger partial charge in [-0.1, -0.05) is 48.6 Å². The van der Waals surface area contributed by atoms with E-state index in [1.54, 1.807) is 30.9 Å². The summed E-state index contributed by atoms with van der Waals surface area (Å²) in [6.45, 7) is 3.93. The molecule has 1 unspecified atom stereocenters. The molecule has 1 aliphatic heterocycles. The van der Waals surface area contributed by atoms with Gasteiger partial charge < -0.3 is 10.0 Å². The normalized spacial score (nSPS) is 20.3. The zero-order valence-corrected chi connectivity index (χ0v) is 17.3. The molecule has 1 aliphatic carbocycles. The second kappa shape index (κ2) is 7.82. The Morgan fingerprint density at radius 3 is 2.37 bits per heavy atom. The number of benzene rings is 2. The Kier molecular flexibility index (Phi) is 5.20. The van der Waals surface area contributed by atoms with Crippen molar-refractivity contribution in [2.24, 2.45) is 5.92 Å². The number of urea groups is 1. The summed E-state index contributed by atoms with van der Waals surface area (Å²) in [6.07, 6.45) is 10.4. The predicted molar refractivity (Wildman–Crippen MR) is 117 cm³/mol. The Morgan fingerprint density at radius 1 is 1.00 bits per heavy atom. The van der Waals surface area contributed by atoms with Gasteiger partial charge in [-0.25, -0.2) is 9.69 Å². The van der Waals surface area contributed by atoms with Crippen molar-refractivity contribution in [2.45, 2.75) is 38.8 Å². The molecular weight excluding hydrogens is 376 g/mol. The molecule has 0 bridgehead atoms. The maximum atomic E-state index is 13.3. The number of hydrogen-bond donors (Lipinski definition) is 1. The highest BCUT2D eigenvalue weighted by Crippen LogP contribution is 2.34. The Balaban J connectivity index is 1.60.